The monoisotopic (exact) mass is 252 g/mol. The van der Waals surface area contributed by atoms with E-state index >= 15 is 0 Å². The summed E-state index contributed by atoms with van der Waals surface area (Å²) < 4.78 is 11.2. The maximum Gasteiger partial charge on any atom is 0.253 e. The smallest absolute Gasteiger partial charge is 0.253 e. The second-order valence-electron chi connectivity index (χ2n) is 4.21. The van der Waals surface area contributed by atoms with E-state index in [9.17, 15) is 9.00 Å². The summed E-state index contributed by atoms with van der Waals surface area (Å²) in [6.07, 6.45) is 0. The summed E-state index contributed by atoms with van der Waals surface area (Å²) in [5, 5.41) is 0. The number of nitrogen functional groups attached to an aromatic ring is 1. The molecule has 0 atom stereocenters. The number of amides is 1. The SMILES string of the molecule is Cc1ccc(C(=O)N2CCS(=O)CC2)cc1N. The van der Waals surface area contributed by atoms with Gasteiger partial charge in [-0.05, 0) is 24.6 Å². The molecule has 92 valence electrons. The summed E-state index contributed by atoms with van der Waals surface area (Å²) in [6.45, 7) is 3.05. The Bertz CT molecular complexity index is 464. The molecule has 1 fully saturated rings. The van der Waals surface area contributed by atoms with E-state index in [1.807, 2.05) is 13.0 Å². The van der Waals surface area contributed by atoms with Crippen molar-refractivity contribution in [3.63, 3.8) is 0 Å². The largest absolute Gasteiger partial charge is 0.398 e. The van der Waals surface area contributed by atoms with Crippen molar-refractivity contribution in [1.82, 2.24) is 4.90 Å². The van der Waals surface area contributed by atoms with Gasteiger partial charge < -0.3 is 10.6 Å². The summed E-state index contributed by atoms with van der Waals surface area (Å²) in [4.78, 5) is 13.9. The fourth-order valence-electron chi connectivity index (χ4n) is 1.80. The van der Waals surface area contributed by atoms with Crippen LogP contribution in [0.4, 0.5) is 5.69 Å². The van der Waals surface area contributed by atoms with E-state index in [0.717, 1.165) is 5.56 Å². The number of carbonyl (C=O) groups is 1. The zero-order chi connectivity index (χ0) is 12.4. The molecule has 1 saturated heterocycles. The molecule has 0 radical (unpaired) electrons. The number of nitrogens with zero attached hydrogens (tertiary/aromatic N) is 1. The fraction of sp³-hybridized carbons (Fsp3) is 0.417. The number of nitrogens with two attached hydrogens (primary N) is 1. The Balaban J connectivity index is 2.14. The molecule has 1 heterocycles. The van der Waals surface area contributed by atoms with E-state index in [2.05, 4.69) is 0 Å². The standard InChI is InChI=1S/C12H16N2O2S/c1-9-2-3-10(8-11(9)13)12(15)14-4-6-17(16)7-5-14/h2-3,8H,4-7,13H2,1H3. The van der Waals surface area contributed by atoms with E-state index < -0.39 is 10.8 Å². The van der Waals surface area contributed by atoms with E-state index in [1.54, 1.807) is 17.0 Å². The molecule has 4 nitrogen and oxygen atoms in total. The predicted molar refractivity (Wildman–Crippen MR) is 69.4 cm³/mol. The van der Waals surface area contributed by atoms with E-state index in [0.29, 0.717) is 35.8 Å². The normalized spacial score (nSPS) is 17.1. The minimum atomic E-state index is -0.760. The topological polar surface area (TPSA) is 63.4 Å². The van der Waals surface area contributed by atoms with Crippen molar-refractivity contribution >= 4 is 22.4 Å². The molecule has 2 N–H and O–H groups in total. The van der Waals surface area contributed by atoms with Crippen LogP contribution in [0, 0.1) is 6.92 Å². The van der Waals surface area contributed by atoms with Gasteiger partial charge in [-0.25, -0.2) is 0 Å². The molecule has 2 rings (SSSR count). The third kappa shape index (κ3) is 2.66. The molecule has 1 aromatic carbocycles. The fourth-order valence-corrected chi connectivity index (χ4v) is 2.85. The van der Waals surface area contributed by atoms with Crippen LogP contribution in [0.25, 0.3) is 0 Å². The van der Waals surface area contributed by atoms with Crippen LogP contribution >= 0.6 is 0 Å². The Labute approximate surface area is 103 Å². The van der Waals surface area contributed by atoms with Gasteiger partial charge in [-0.3, -0.25) is 9.00 Å². The number of carbonyl (C=O) groups excluding carboxylic acids is 1. The second kappa shape index (κ2) is 4.87. The van der Waals surface area contributed by atoms with Gasteiger partial charge in [0.05, 0.1) is 0 Å². The highest BCUT2D eigenvalue weighted by atomic mass is 32.2. The Kier molecular flexibility index (Phi) is 3.47. The van der Waals surface area contributed by atoms with E-state index in [1.165, 1.54) is 0 Å². The summed E-state index contributed by atoms with van der Waals surface area (Å²) in [5.74, 6) is 1.13. The van der Waals surface area contributed by atoms with Crippen LogP contribution in [0.1, 0.15) is 15.9 Å². The van der Waals surface area contributed by atoms with E-state index in [4.69, 9.17) is 5.73 Å². The number of anilines is 1. The van der Waals surface area contributed by atoms with Gasteiger partial charge in [-0.15, -0.1) is 0 Å². The second-order valence-corrected chi connectivity index (χ2v) is 5.91. The van der Waals surface area contributed by atoms with E-state index in [-0.39, 0.29) is 5.91 Å². The predicted octanol–water partition coefficient (Wildman–Crippen LogP) is 0.782. The van der Waals surface area contributed by atoms with Crippen molar-refractivity contribution in [2.24, 2.45) is 0 Å². The van der Waals surface area contributed by atoms with Crippen LogP contribution < -0.4 is 5.73 Å². The highest BCUT2D eigenvalue weighted by Gasteiger charge is 2.21. The maximum atomic E-state index is 12.1. The highest BCUT2D eigenvalue weighted by molar-refractivity contribution is 7.85. The van der Waals surface area contributed by atoms with Crippen LogP contribution in [-0.4, -0.2) is 39.6 Å². The molecular formula is C12H16N2O2S. The molecule has 0 aliphatic carbocycles. The van der Waals surface area contributed by atoms with Gasteiger partial charge in [0.25, 0.3) is 5.91 Å². The molecule has 0 aromatic heterocycles. The lowest BCUT2D eigenvalue weighted by Gasteiger charge is -2.26. The number of benzene rings is 1. The first kappa shape index (κ1) is 12.1. The van der Waals surface area contributed by atoms with Gasteiger partial charge in [0, 0.05) is 46.6 Å². The van der Waals surface area contributed by atoms with Gasteiger partial charge in [0.2, 0.25) is 0 Å². The first-order chi connectivity index (χ1) is 8.08. The van der Waals surface area contributed by atoms with Crippen molar-refractivity contribution < 1.29 is 9.00 Å². The molecule has 1 aromatic rings. The third-order valence-electron chi connectivity index (χ3n) is 2.99. The zero-order valence-electron chi connectivity index (χ0n) is 9.81. The average molecular weight is 252 g/mol. The van der Waals surface area contributed by atoms with Crippen LogP contribution in [-0.2, 0) is 10.8 Å². The Morgan fingerprint density at radius 1 is 1.35 bits per heavy atom. The number of hydrogen-bond acceptors (Lipinski definition) is 3. The first-order valence-electron chi connectivity index (χ1n) is 5.58. The Morgan fingerprint density at radius 3 is 2.59 bits per heavy atom. The van der Waals surface area contributed by atoms with Gasteiger partial charge in [-0.2, -0.15) is 0 Å². The van der Waals surface area contributed by atoms with Crippen LogP contribution in [0.5, 0.6) is 0 Å². The van der Waals surface area contributed by atoms with Gasteiger partial charge in [0.15, 0.2) is 0 Å². The Hall–Kier alpha value is -1.36. The lowest BCUT2D eigenvalue weighted by Crippen LogP contribution is -2.41. The maximum absolute atomic E-state index is 12.1. The lowest BCUT2D eigenvalue weighted by atomic mass is 10.1. The van der Waals surface area contributed by atoms with Gasteiger partial charge >= 0.3 is 0 Å². The van der Waals surface area contributed by atoms with Crippen molar-refractivity contribution in [2.45, 2.75) is 6.92 Å². The molecule has 5 heteroatoms. The number of aryl methyl sites for hydroxylation is 1. The lowest BCUT2D eigenvalue weighted by molar-refractivity contribution is 0.0771. The molecule has 17 heavy (non-hydrogen) atoms. The van der Waals surface area contributed by atoms with Crippen LogP contribution in [0.3, 0.4) is 0 Å². The van der Waals surface area contributed by atoms with Crippen molar-refractivity contribution in [2.75, 3.05) is 30.3 Å². The third-order valence-corrected chi connectivity index (χ3v) is 4.27. The summed E-state index contributed by atoms with van der Waals surface area (Å²) >= 11 is 0. The molecule has 0 unspecified atom stereocenters. The summed E-state index contributed by atoms with van der Waals surface area (Å²) in [5.41, 5.74) is 8.01. The zero-order valence-corrected chi connectivity index (χ0v) is 10.6. The minimum absolute atomic E-state index is 0.0200. The average Bonchev–Trinajstić information content (AvgIpc) is 2.33. The molecule has 0 saturated carbocycles. The first-order valence-corrected chi connectivity index (χ1v) is 7.07. The Morgan fingerprint density at radius 2 is 2.00 bits per heavy atom. The molecular weight excluding hydrogens is 236 g/mol. The quantitative estimate of drug-likeness (QED) is 0.751. The summed E-state index contributed by atoms with van der Waals surface area (Å²) in [6, 6.07) is 5.35. The number of hydrogen-bond donors (Lipinski definition) is 1. The molecule has 0 bridgehead atoms. The van der Waals surface area contributed by atoms with Crippen molar-refractivity contribution in [3.8, 4) is 0 Å². The summed E-state index contributed by atoms with van der Waals surface area (Å²) in [7, 11) is -0.760. The van der Waals surface area contributed by atoms with Crippen molar-refractivity contribution in [1.29, 1.82) is 0 Å². The van der Waals surface area contributed by atoms with Crippen LogP contribution in [0.15, 0.2) is 18.2 Å². The molecule has 1 amide bonds. The number of rotatable bonds is 1. The molecule has 1 aliphatic heterocycles. The van der Waals surface area contributed by atoms with Crippen LogP contribution in [0.2, 0.25) is 0 Å². The molecule has 0 spiro atoms. The molecule has 1 aliphatic rings. The minimum Gasteiger partial charge on any atom is -0.398 e. The van der Waals surface area contributed by atoms with Crippen molar-refractivity contribution in [3.05, 3.63) is 29.3 Å². The van der Waals surface area contributed by atoms with Gasteiger partial charge in [-0.1, -0.05) is 6.07 Å². The highest BCUT2D eigenvalue weighted by Crippen LogP contribution is 2.15. The van der Waals surface area contributed by atoms with Gasteiger partial charge in [0.1, 0.15) is 0 Å².